The van der Waals surface area contributed by atoms with Crippen LogP contribution in [-0.2, 0) is 18.0 Å². The SMILES string of the molecule is CC(=O)Nc1cc(C)cc2c(=O)c(O)c(-c3ccc(OCc4ccccc4)c(OCc4ccccc4)c3)oc12. The standard InChI is InChI=1S/C32H27NO6/c1-20-15-25-29(35)30(36)31(39-32(25)26(16-20)33-21(2)34)24-13-14-27(37-18-22-9-5-3-6-10-22)28(17-24)38-19-23-11-7-4-8-12-23/h3-17,36H,18-19H2,1-2H3,(H,33,34). The molecule has 7 nitrogen and oxygen atoms in total. The Morgan fingerprint density at radius 2 is 1.46 bits per heavy atom. The minimum Gasteiger partial charge on any atom is -0.502 e. The molecular weight excluding hydrogens is 494 g/mol. The van der Waals surface area contributed by atoms with E-state index in [1.165, 1.54) is 6.92 Å². The molecule has 0 saturated heterocycles. The zero-order valence-electron chi connectivity index (χ0n) is 21.6. The van der Waals surface area contributed by atoms with Crippen LogP contribution in [0.15, 0.2) is 100 Å². The van der Waals surface area contributed by atoms with E-state index in [9.17, 15) is 14.7 Å². The normalized spacial score (nSPS) is 10.8. The highest BCUT2D eigenvalue weighted by Gasteiger charge is 2.20. The van der Waals surface area contributed by atoms with Gasteiger partial charge in [-0.05, 0) is 53.9 Å². The number of carbonyl (C=O) groups is 1. The number of rotatable bonds is 8. The van der Waals surface area contributed by atoms with Crippen LogP contribution in [-0.4, -0.2) is 11.0 Å². The van der Waals surface area contributed by atoms with Gasteiger partial charge >= 0.3 is 0 Å². The number of hydrogen-bond acceptors (Lipinski definition) is 6. The molecule has 4 aromatic carbocycles. The van der Waals surface area contributed by atoms with Crippen LogP contribution < -0.4 is 20.2 Å². The van der Waals surface area contributed by atoms with Gasteiger partial charge in [-0.2, -0.15) is 0 Å². The molecule has 1 aromatic heterocycles. The van der Waals surface area contributed by atoms with Gasteiger partial charge in [0.25, 0.3) is 0 Å². The molecule has 0 radical (unpaired) electrons. The predicted molar refractivity (Wildman–Crippen MR) is 150 cm³/mol. The predicted octanol–water partition coefficient (Wildman–Crippen LogP) is 6.59. The number of aromatic hydroxyl groups is 1. The summed E-state index contributed by atoms with van der Waals surface area (Å²) in [5, 5.41) is 13.7. The van der Waals surface area contributed by atoms with Crippen molar-refractivity contribution >= 4 is 22.6 Å². The van der Waals surface area contributed by atoms with Crippen LogP contribution in [0.2, 0.25) is 0 Å². The van der Waals surface area contributed by atoms with Crippen molar-refractivity contribution in [2.24, 2.45) is 0 Å². The second-order valence-corrected chi connectivity index (χ2v) is 9.19. The highest BCUT2D eigenvalue weighted by Crippen LogP contribution is 2.38. The van der Waals surface area contributed by atoms with Gasteiger partial charge in [-0.1, -0.05) is 60.7 Å². The van der Waals surface area contributed by atoms with E-state index in [1.807, 2.05) is 60.7 Å². The Morgan fingerprint density at radius 1 is 0.846 bits per heavy atom. The first-order valence-corrected chi connectivity index (χ1v) is 12.4. The van der Waals surface area contributed by atoms with E-state index in [0.29, 0.717) is 29.4 Å². The van der Waals surface area contributed by atoms with Crippen LogP contribution in [0.3, 0.4) is 0 Å². The van der Waals surface area contributed by atoms with Crippen molar-refractivity contribution in [2.75, 3.05) is 5.32 Å². The Morgan fingerprint density at radius 3 is 2.08 bits per heavy atom. The van der Waals surface area contributed by atoms with Gasteiger partial charge < -0.3 is 24.3 Å². The minimum atomic E-state index is -0.599. The Kier molecular flexibility index (Phi) is 7.32. The fourth-order valence-corrected chi connectivity index (χ4v) is 4.26. The molecule has 1 amide bonds. The third-order valence-corrected chi connectivity index (χ3v) is 6.10. The second-order valence-electron chi connectivity index (χ2n) is 9.19. The highest BCUT2D eigenvalue weighted by molar-refractivity contribution is 5.99. The lowest BCUT2D eigenvalue weighted by molar-refractivity contribution is -0.114. The van der Waals surface area contributed by atoms with Gasteiger partial charge in [-0.25, -0.2) is 0 Å². The summed E-state index contributed by atoms with van der Waals surface area (Å²) >= 11 is 0. The number of hydrogen-bond donors (Lipinski definition) is 2. The molecule has 0 aliphatic rings. The van der Waals surface area contributed by atoms with E-state index in [2.05, 4.69) is 5.32 Å². The van der Waals surface area contributed by atoms with Crippen LogP contribution in [0.1, 0.15) is 23.6 Å². The van der Waals surface area contributed by atoms with E-state index in [-0.39, 0.29) is 29.2 Å². The molecule has 0 spiro atoms. The topological polar surface area (TPSA) is 98.0 Å². The lowest BCUT2D eigenvalue weighted by Gasteiger charge is -2.15. The quantitative estimate of drug-likeness (QED) is 0.239. The largest absolute Gasteiger partial charge is 0.502 e. The molecule has 7 heteroatoms. The van der Waals surface area contributed by atoms with Crippen LogP contribution >= 0.6 is 0 Å². The summed E-state index contributed by atoms with van der Waals surface area (Å²) in [6, 6.07) is 27.8. The maximum atomic E-state index is 13.2. The fraction of sp³-hybridized carbons (Fsp3) is 0.125. The number of fused-ring (bicyclic) bond motifs is 1. The van der Waals surface area contributed by atoms with Gasteiger partial charge in [0.05, 0.1) is 11.1 Å². The first-order valence-electron chi connectivity index (χ1n) is 12.4. The molecule has 5 rings (SSSR count). The molecule has 0 unspecified atom stereocenters. The van der Waals surface area contributed by atoms with Crippen molar-refractivity contribution in [3.8, 4) is 28.6 Å². The Balaban J connectivity index is 1.57. The lowest BCUT2D eigenvalue weighted by Crippen LogP contribution is -2.09. The second kappa shape index (κ2) is 11.1. The highest BCUT2D eigenvalue weighted by atomic mass is 16.5. The van der Waals surface area contributed by atoms with Gasteiger partial charge in [0.15, 0.2) is 22.8 Å². The third kappa shape index (κ3) is 5.78. The van der Waals surface area contributed by atoms with Gasteiger partial charge in [0.1, 0.15) is 13.2 Å². The molecule has 0 aliphatic heterocycles. The van der Waals surface area contributed by atoms with Crippen molar-refractivity contribution in [1.29, 1.82) is 0 Å². The average molecular weight is 522 g/mol. The number of anilines is 1. The van der Waals surface area contributed by atoms with Crippen molar-refractivity contribution in [2.45, 2.75) is 27.1 Å². The van der Waals surface area contributed by atoms with Crippen LogP contribution in [0.4, 0.5) is 5.69 Å². The van der Waals surface area contributed by atoms with E-state index < -0.39 is 11.2 Å². The monoisotopic (exact) mass is 521 g/mol. The van der Waals surface area contributed by atoms with E-state index in [4.69, 9.17) is 13.9 Å². The molecule has 196 valence electrons. The molecule has 2 N–H and O–H groups in total. The summed E-state index contributed by atoms with van der Waals surface area (Å²) in [5.41, 5.74) is 3.03. The molecule has 0 fully saturated rings. The minimum absolute atomic E-state index is 0.0397. The Bertz CT molecular complexity index is 1690. The van der Waals surface area contributed by atoms with Crippen LogP contribution in [0.25, 0.3) is 22.3 Å². The Labute approximate surface area is 225 Å². The number of aryl methyl sites for hydroxylation is 1. The van der Waals surface area contributed by atoms with Gasteiger partial charge in [-0.15, -0.1) is 0 Å². The van der Waals surface area contributed by atoms with Crippen molar-refractivity contribution in [3.05, 3.63) is 118 Å². The van der Waals surface area contributed by atoms with E-state index in [0.717, 1.165) is 16.7 Å². The van der Waals surface area contributed by atoms with E-state index in [1.54, 1.807) is 37.3 Å². The molecule has 5 aromatic rings. The molecule has 0 saturated carbocycles. The maximum Gasteiger partial charge on any atom is 0.235 e. The number of nitrogens with one attached hydrogen (secondary N) is 1. The van der Waals surface area contributed by atoms with Gasteiger partial charge in [0, 0.05) is 12.5 Å². The van der Waals surface area contributed by atoms with Crippen molar-refractivity contribution < 1.29 is 23.8 Å². The summed E-state index contributed by atoms with van der Waals surface area (Å²) in [6.07, 6.45) is 0. The summed E-state index contributed by atoms with van der Waals surface area (Å²) < 4.78 is 18.3. The number of benzene rings is 4. The number of carbonyl (C=O) groups excluding carboxylic acids is 1. The van der Waals surface area contributed by atoms with Crippen molar-refractivity contribution in [3.63, 3.8) is 0 Å². The van der Waals surface area contributed by atoms with Crippen molar-refractivity contribution in [1.82, 2.24) is 0 Å². The van der Waals surface area contributed by atoms with Gasteiger partial charge in [0.2, 0.25) is 17.1 Å². The smallest absolute Gasteiger partial charge is 0.235 e. The number of ether oxygens (including phenoxy) is 2. The average Bonchev–Trinajstić information content (AvgIpc) is 2.94. The van der Waals surface area contributed by atoms with Gasteiger partial charge in [-0.3, -0.25) is 9.59 Å². The lowest BCUT2D eigenvalue weighted by atomic mass is 10.1. The molecule has 0 aliphatic carbocycles. The summed E-state index contributed by atoms with van der Waals surface area (Å²) in [4.78, 5) is 25.0. The third-order valence-electron chi connectivity index (χ3n) is 6.10. The molecule has 1 heterocycles. The molecule has 39 heavy (non-hydrogen) atoms. The molecule has 0 bridgehead atoms. The summed E-state index contributed by atoms with van der Waals surface area (Å²) in [5.74, 6) is 0.0304. The first kappa shape index (κ1) is 25.6. The summed E-state index contributed by atoms with van der Waals surface area (Å²) in [7, 11) is 0. The zero-order chi connectivity index (χ0) is 27.4. The molecule has 0 atom stereocenters. The number of amides is 1. The van der Waals surface area contributed by atoms with Crippen LogP contribution in [0.5, 0.6) is 17.2 Å². The first-order chi connectivity index (χ1) is 18.9. The fourth-order valence-electron chi connectivity index (χ4n) is 4.26. The van der Waals surface area contributed by atoms with E-state index >= 15 is 0 Å². The Hall–Kier alpha value is -5.04. The van der Waals surface area contributed by atoms with Crippen LogP contribution in [0, 0.1) is 6.92 Å². The maximum absolute atomic E-state index is 13.2. The zero-order valence-corrected chi connectivity index (χ0v) is 21.6. The molecular formula is C32H27NO6. The summed E-state index contributed by atoms with van der Waals surface area (Å²) in [6.45, 7) is 3.78.